The van der Waals surface area contributed by atoms with Gasteiger partial charge in [-0.3, -0.25) is 4.79 Å². The van der Waals surface area contributed by atoms with Crippen LogP contribution in [-0.2, 0) is 11.8 Å². The molecule has 1 N–H and O–H groups in total. The third kappa shape index (κ3) is 3.33. The second-order valence-corrected chi connectivity index (χ2v) is 10.6. The van der Waals surface area contributed by atoms with E-state index in [4.69, 9.17) is 0 Å². The summed E-state index contributed by atoms with van der Waals surface area (Å²) in [6, 6.07) is 12.9. The number of likely N-dealkylation sites (tertiary alicyclic amines) is 1. The first-order valence-electron chi connectivity index (χ1n) is 12.3. The maximum atomic E-state index is 13.8. The predicted molar refractivity (Wildman–Crippen MR) is 133 cm³/mol. The van der Waals surface area contributed by atoms with Crippen molar-refractivity contribution in [3.8, 4) is 6.07 Å². The van der Waals surface area contributed by atoms with E-state index >= 15 is 0 Å². The quantitative estimate of drug-likeness (QED) is 0.540. The summed E-state index contributed by atoms with van der Waals surface area (Å²) < 4.78 is 0. The Morgan fingerprint density at radius 3 is 2.55 bits per heavy atom. The fourth-order valence-electron chi connectivity index (χ4n) is 6.02. The number of fused-ring (bicyclic) bond motifs is 4. The van der Waals surface area contributed by atoms with Crippen LogP contribution in [-0.4, -0.2) is 34.8 Å². The number of nitrogens with zero attached hydrogens (tertiary/aromatic N) is 2. The summed E-state index contributed by atoms with van der Waals surface area (Å²) in [5, 5.41) is 10.2. The zero-order valence-corrected chi connectivity index (χ0v) is 20.4. The number of nitriles is 1. The van der Waals surface area contributed by atoms with E-state index in [1.165, 1.54) is 24.0 Å². The number of benzene rings is 2. The van der Waals surface area contributed by atoms with Crippen LogP contribution in [0, 0.1) is 11.3 Å². The maximum Gasteiger partial charge on any atom is 0.195 e. The SMILES string of the molecule is CCc1cc2c(cc1C1CCN(C(C)C)CC1)C(C)(C)c1[nH]c3cc(C#N)ccc3c1C2=O. The van der Waals surface area contributed by atoms with E-state index in [1.807, 2.05) is 12.1 Å². The molecule has 0 unspecified atom stereocenters. The lowest BCUT2D eigenvalue weighted by Crippen LogP contribution is -2.38. The Morgan fingerprint density at radius 2 is 1.91 bits per heavy atom. The zero-order valence-electron chi connectivity index (χ0n) is 20.4. The number of hydrogen-bond acceptors (Lipinski definition) is 3. The van der Waals surface area contributed by atoms with E-state index in [0.29, 0.717) is 17.5 Å². The van der Waals surface area contributed by atoms with Crippen LogP contribution < -0.4 is 0 Å². The van der Waals surface area contributed by atoms with Crippen molar-refractivity contribution in [1.29, 1.82) is 5.26 Å². The first-order valence-corrected chi connectivity index (χ1v) is 12.3. The minimum Gasteiger partial charge on any atom is -0.357 e. The lowest BCUT2D eigenvalue weighted by atomic mass is 9.69. The minimum atomic E-state index is -0.315. The molecule has 2 heterocycles. The van der Waals surface area contributed by atoms with E-state index in [9.17, 15) is 10.1 Å². The molecule has 1 aliphatic heterocycles. The molecule has 0 bridgehead atoms. The first kappa shape index (κ1) is 21.9. The van der Waals surface area contributed by atoms with Gasteiger partial charge in [0.05, 0.1) is 17.2 Å². The number of piperidine rings is 1. The molecule has 33 heavy (non-hydrogen) atoms. The highest BCUT2D eigenvalue weighted by Crippen LogP contribution is 2.46. The van der Waals surface area contributed by atoms with Gasteiger partial charge in [-0.15, -0.1) is 0 Å². The molecule has 1 saturated heterocycles. The number of carbonyl (C=O) groups excluding carboxylic acids is 1. The largest absolute Gasteiger partial charge is 0.357 e. The molecular weight excluding hydrogens is 406 g/mol. The summed E-state index contributed by atoms with van der Waals surface area (Å²) in [5.74, 6) is 0.652. The fraction of sp³-hybridized carbons (Fsp3) is 0.448. The third-order valence-electron chi connectivity index (χ3n) is 8.06. The molecule has 0 radical (unpaired) electrons. The van der Waals surface area contributed by atoms with Gasteiger partial charge in [-0.1, -0.05) is 32.9 Å². The van der Waals surface area contributed by atoms with Crippen LogP contribution in [0.5, 0.6) is 0 Å². The minimum absolute atomic E-state index is 0.103. The summed E-state index contributed by atoms with van der Waals surface area (Å²) in [4.78, 5) is 19.9. The van der Waals surface area contributed by atoms with Gasteiger partial charge in [-0.05, 0) is 87.0 Å². The summed E-state index contributed by atoms with van der Waals surface area (Å²) in [7, 11) is 0. The smallest absolute Gasteiger partial charge is 0.195 e. The van der Waals surface area contributed by atoms with Crippen molar-refractivity contribution >= 4 is 16.7 Å². The van der Waals surface area contributed by atoms with Gasteiger partial charge in [-0.2, -0.15) is 5.26 Å². The number of aromatic nitrogens is 1. The van der Waals surface area contributed by atoms with E-state index in [0.717, 1.165) is 52.8 Å². The van der Waals surface area contributed by atoms with Gasteiger partial charge in [0.25, 0.3) is 0 Å². The molecule has 0 spiro atoms. The molecule has 1 fully saturated rings. The molecular formula is C29H33N3O. The molecule has 5 rings (SSSR count). The van der Waals surface area contributed by atoms with Gasteiger partial charge in [0.15, 0.2) is 5.78 Å². The molecule has 2 aliphatic rings. The van der Waals surface area contributed by atoms with E-state index in [1.54, 1.807) is 6.07 Å². The van der Waals surface area contributed by atoms with Crippen LogP contribution in [0.2, 0.25) is 0 Å². The zero-order chi connectivity index (χ0) is 23.5. The van der Waals surface area contributed by atoms with Crippen LogP contribution in [0.15, 0.2) is 30.3 Å². The number of hydrogen-bond donors (Lipinski definition) is 1. The molecule has 3 aromatic rings. The summed E-state index contributed by atoms with van der Waals surface area (Å²) in [6.07, 6.45) is 3.28. The standard InChI is InChI=1S/C29H33N3O/c1-6-19-14-23-24(15-22(19)20-9-11-32(12-10-20)17(2)3)29(4,5)28-26(27(23)33)21-8-7-18(16-30)13-25(21)31-28/h7-8,13-15,17,20,31H,6,9-12H2,1-5H3. The molecule has 4 nitrogen and oxygen atoms in total. The van der Waals surface area contributed by atoms with Gasteiger partial charge in [0.2, 0.25) is 0 Å². The summed E-state index contributed by atoms with van der Waals surface area (Å²) >= 11 is 0. The molecule has 0 amide bonds. The van der Waals surface area contributed by atoms with Crippen LogP contribution in [0.3, 0.4) is 0 Å². The second kappa shape index (κ2) is 7.85. The Labute approximate surface area is 196 Å². The number of aryl methyl sites for hydroxylation is 1. The van der Waals surface area contributed by atoms with Crippen LogP contribution in [0.1, 0.15) is 97.2 Å². The predicted octanol–water partition coefficient (Wildman–Crippen LogP) is 6.06. The van der Waals surface area contributed by atoms with E-state index in [-0.39, 0.29) is 11.2 Å². The number of aromatic amines is 1. The van der Waals surface area contributed by atoms with Crippen molar-refractivity contribution in [2.24, 2.45) is 0 Å². The normalized spacial score (nSPS) is 18.4. The number of nitrogens with one attached hydrogen (secondary N) is 1. The van der Waals surface area contributed by atoms with Gasteiger partial charge in [0, 0.05) is 33.6 Å². The molecule has 0 saturated carbocycles. The molecule has 4 heteroatoms. The number of ketones is 1. The highest BCUT2D eigenvalue weighted by molar-refractivity contribution is 6.20. The molecule has 0 atom stereocenters. The van der Waals surface area contributed by atoms with Crippen molar-refractivity contribution in [3.63, 3.8) is 0 Å². The second-order valence-electron chi connectivity index (χ2n) is 10.6. The number of carbonyl (C=O) groups is 1. The number of H-pyrrole nitrogens is 1. The lowest BCUT2D eigenvalue weighted by Gasteiger charge is -2.37. The first-order chi connectivity index (χ1) is 15.8. The van der Waals surface area contributed by atoms with Crippen LogP contribution in [0.4, 0.5) is 0 Å². The van der Waals surface area contributed by atoms with Crippen molar-refractivity contribution in [2.45, 2.75) is 71.3 Å². The fourth-order valence-corrected chi connectivity index (χ4v) is 6.02. The Kier molecular flexibility index (Phi) is 5.21. The Hall–Kier alpha value is -2.90. The summed E-state index contributed by atoms with van der Waals surface area (Å²) in [6.45, 7) is 13.5. The Morgan fingerprint density at radius 1 is 1.18 bits per heavy atom. The van der Waals surface area contributed by atoms with Gasteiger partial charge in [0.1, 0.15) is 0 Å². The molecule has 2 aromatic carbocycles. The molecule has 1 aromatic heterocycles. The van der Waals surface area contributed by atoms with Crippen LogP contribution in [0.25, 0.3) is 10.9 Å². The van der Waals surface area contributed by atoms with Gasteiger partial charge < -0.3 is 9.88 Å². The highest BCUT2D eigenvalue weighted by Gasteiger charge is 2.40. The van der Waals surface area contributed by atoms with Crippen molar-refractivity contribution < 1.29 is 4.79 Å². The molecule has 1 aliphatic carbocycles. The Balaban J connectivity index is 1.63. The van der Waals surface area contributed by atoms with Crippen molar-refractivity contribution in [3.05, 3.63) is 69.4 Å². The molecule has 170 valence electrons. The third-order valence-corrected chi connectivity index (χ3v) is 8.06. The highest BCUT2D eigenvalue weighted by atomic mass is 16.1. The van der Waals surface area contributed by atoms with Crippen molar-refractivity contribution in [2.75, 3.05) is 13.1 Å². The lowest BCUT2D eigenvalue weighted by molar-refractivity contribution is 0.103. The summed E-state index contributed by atoms with van der Waals surface area (Å²) in [5.41, 5.74) is 7.62. The van der Waals surface area contributed by atoms with Gasteiger partial charge in [-0.25, -0.2) is 0 Å². The Bertz CT molecular complexity index is 1300. The maximum absolute atomic E-state index is 13.8. The topological polar surface area (TPSA) is 59.9 Å². The average molecular weight is 440 g/mol. The van der Waals surface area contributed by atoms with Gasteiger partial charge >= 0.3 is 0 Å². The van der Waals surface area contributed by atoms with Crippen molar-refractivity contribution in [1.82, 2.24) is 9.88 Å². The van der Waals surface area contributed by atoms with E-state index in [2.05, 4.69) is 62.7 Å². The van der Waals surface area contributed by atoms with E-state index < -0.39 is 0 Å². The number of rotatable bonds is 3. The average Bonchev–Trinajstić information content (AvgIpc) is 3.22. The van der Waals surface area contributed by atoms with Crippen LogP contribution >= 0.6 is 0 Å². The monoisotopic (exact) mass is 439 g/mol.